The number of carbonyl (C=O) groups excluding carboxylic acids is 1. The van der Waals surface area contributed by atoms with Gasteiger partial charge in [0.15, 0.2) is 0 Å². The second-order valence-corrected chi connectivity index (χ2v) is 7.77. The zero-order valence-corrected chi connectivity index (χ0v) is 16.9. The number of hydrogen-bond donors (Lipinski definition) is 2. The van der Waals surface area contributed by atoms with Crippen molar-refractivity contribution >= 4 is 17.5 Å². The Morgan fingerprint density at radius 1 is 1.35 bits per heavy atom. The maximum Gasteiger partial charge on any atom is 0.410 e. The molecule has 2 N–H and O–H groups in total. The van der Waals surface area contributed by atoms with Crippen molar-refractivity contribution in [1.29, 1.82) is 0 Å². The number of aromatic nitrogens is 2. The molecular formula is C20H20ClF4N3O3. The summed E-state index contributed by atoms with van der Waals surface area (Å²) in [7, 11) is 0. The van der Waals surface area contributed by atoms with Gasteiger partial charge in [-0.25, -0.2) is 9.07 Å². The first-order chi connectivity index (χ1) is 14.6. The van der Waals surface area contributed by atoms with Crippen LogP contribution in [0, 0.1) is 0 Å². The summed E-state index contributed by atoms with van der Waals surface area (Å²) in [6, 6.07) is -2.20. The molecule has 4 unspecified atom stereocenters. The molecule has 0 radical (unpaired) electrons. The van der Waals surface area contributed by atoms with Gasteiger partial charge in [-0.1, -0.05) is 35.9 Å². The molecule has 0 saturated heterocycles. The molecule has 168 valence electrons. The minimum absolute atomic E-state index is 0.0536. The molecule has 4 atom stereocenters. The first-order valence-electron chi connectivity index (χ1n) is 9.57. The topological polar surface area (TPSA) is 84.2 Å². The third-order valence-electron chi connectivity index (χ3n) is 5.08. The minimum Gasteiger partial charge on any atom is -0.394 e. The van der Waals surface area contributed by atoms with Crippen LogP contribution >= 0.6 is 11.6 Å². The molecule has 11 heteroatoms. The molecular weight excluding hydrogens is 442 g/mol. The fourth-order valence-corrected chi connectivity index (χ4v) is 3.54. The molecule has 1 aromatic rings. The van der Waals surface area contributed by atoms with Crippen LogP contribution < -0.4 is 10.9 Å². The Balaban J connectivity index is 2.04. The van der Waals surface area contributed by atoms with Gasteiger partial charge in [-0.2, -0.15) is 18.3 Å². The lowest BCUT2D eigenvalue weighted by atomic mass is 9.95. The quantitative estimate of drug-likeness (QED) is 0.520. The first kappa shape index (κ1) is 23.2. The second-order valence-electron chi connectivity index (χ2n) is 7.34. The van der Waals surface area contributed by atoms with Crippen LogP contribution in [0.4, 0.5) is 17.6 Å². The second kappa shape index (κ2) is 9.35. The van der Waals surface area contributed by atoms with Gasteiger partial charge >= 0.3 is 6.18 Å². The highest BCUT2D eigenvalue weighted by molar-refractivity contribution is 6.31. The van der Waals surface area contributed by atoms with Crippen LogP contribution in [0.15, 0.2) is 46.3 Å². The van der Waals surface area contributed by atoms with Crippen LogP contribution in [0.5, 0.6) is 0 Å². The highest BCUT2D eigenvalue weighted by Crippen LogP contribution is 2.29. The lowest BCUT2D eigenvalue weighted by Crippen LogP contribution is -2.49. The highest BCUT2D eigenvalue weighted by atomic mass is 35.5. The van der Waals surface area contributed by atoms with E-state index in [1.165, 1.54) is 0 Å². The van der Waals surface area contributed by atoms with Crippen molar-refractivity contribution in [2.45, 2.75) is 49.6 Å². The smallest absolute Gasteiger partial charge is 0.394 e. The van der Waals surface area contributed by atoms with Gasteiger partial charge in [-0.15, -0.1) is 0 Å². The number of amides is 1. The Morgan fingerprint density at radius 2 is 2.10 bits per heavy atom. The van der Waals surface area contributed by atoms with Crippen LogP contribution in [-0.2, 0) is 0 Å². The average molecular weight is 462 g/mol. The summed E-state index contributed by atoms with van der Waals surface area (Å²) in [6.45, 7) is -1.38. The van der Waals surface area contributed by atoms with E-state index in [-0.39, 0.29) is 24.5 Å². The normalized spacial score (nSPS) is 24.6. The Hall–Kier alpha value is -2.46. The van der Waals surface area contributed by atoms with E-state index in [9.17, 15) is 27.2 Å². The zero-order chi connectivity index (χ0) is 22.8. The first-order valence-corrected chi connectivity index (χ1v) is 9.94. The van der Waals surface area contributed by atoms with Crippen molar-refractivity contribution in [2.75, 3.05) is 6.61 Å². The van der Waals surface area contributed by atoms with Crippen LogP contribution in [-0.4, -0.2) is 45.8 Å². The maximum atomic E-state index is 13.9. The predicted molar refractivity (Wildman–Crippen MR) is 106 cm³/mol. The molecule has 2 aliphatic rings. The summed E-state index contributed by atoms with van der Waals surface area (Å²) in [5.41, 5.74) is -1.27. The van der Waals surface area contributed by atoms with E-state index in [1.54, 1.807) is 35.7 Å². The molecule has 0 bridgehead atoms. The molecule has 1 aromatic heterocycles. The number of nitrogens with one attached hydrogen (secondary N) is 1. The van der Waals surface area contributed by atoms with Crippen LogP contribution in [0.3, 0.4) is 0 Å². The number of aliphatic hydroxyl groups is 1. The summed E-state index contributed by atoms with van der Waals surface area (Å²) in [4.78, 5) is 25.5. The van der Waals surface area contributed by atoms with E-state index >= 15 is 0 Å². The highest BCUT2D eigenvalue weighted by Gasteiger charge is 2.41. The van der Waals surface area contributed by atoms with E-state index in [1.807, 2.05) is 0 Å². The van der Waals surface area contributed by atoms with Gasteiger partial charge in [0, 0.05) is 17.4 Å². The molecule has 31 heavy (non-hydrogen) atoms. The fourth-order valence-electron chi connectivity index (χ4n) is 3.38. The minimum atomic E-state index is -4.90. The summed E-state index contributed by atoms with van der Waals surface area (Å²) in [6.07, 6.45) is 2.54. The van der Waals surface area contributed by atoms with Crippen LogP contribution in [0.25, 0.3) is 0 Å². The summed E-state index contributed by atoms with van der Waals surface area (Å²) in [5.74, 6) is -1.69. The number of alkyl halides is 4. The van der Waals surface area contributed by atoms with Crippen molar-refractivity contribution in [3.8, 4) is 0 Å². The molecule has 1 amide bonds. The van der Waals surface area contributed by atoms with E-state index in [2.05, 4.69) is 5.10 Å². The van der Waals surface area contributed by atoms with Crippen molar-refractivity contribution < 1.29 is 27.5 Å². The Kier molecular flexibility index (Phi) is 7.00. The van der Waals surface area contributed by atoms with E-state index in [0.29, 0.717) is 11.5 Å². The molecule has 0 aliphatic heterocycles. The van der Waals surface area contributed by atoms with Crippen LogP contribution in [0.2, 0.25) is 0 Å². The molecule has 3 rings (SSSR count). The average Bonchev–Trinajstić information content (AvgIpc) is 2.71. The molecule has 6 nitrogen and oxygen atoms in total. The van der Waals surface area contributed by atoms with Gasteiger partial charge in [0.2, 0.25) is 0 Å². The van der Waals surface area contributed by atoms with Gasteiger partial charge in [0.25, 0.3) is 11.5 Å². The third kappa shape index (κ3) is 5.43. The maximum absolute atomic E-state index is 13.9. The largest absolute Gasteiger partial charge is 0.410 e. The Bertz CT molecular complexity index is 987. The summed E-state index contributed by atoms with van der Waals surface area (Å²) in [5, 5.41) is 15.4. The third-order valence-corrected chi connectivity index (χ3v) is 5.36. The molecule has 0 spiro atoms. The number of aliphatic hydroxyl groups excluding tert-OH is 1. The monoisotopic (exact) mass is 461 g/mol. The van der Waals surface area contributed by atoms with Gasteiger partial charge in [-0.05, 0) is 25.0 Å². The SMILES string of the molecule is O=C(NC(CO)C(F)(F)F)c1cc(C2C=CC(Cl)=CC2)nn(C2C=CCC(F)C2)c1=O. The molecule has 0 saturated carbocycles. The lowest BCUT2D eigenvalue weighted by Gasteiger charge is -2.24. The summed E-state index contributed by atoms with van der Waals surface area (Å²) >= 11 is 5.91. The number of carbonyl (C=O) groups is 1. The van der Waals surface area contributed by atoms with Crippen LogP contribution in [0.1, 0.15) is 47.3 Å². The predicted octanol–water partition coefficient (Wildman–Crippen LogP) is 3.29. The van der Waals surface area contributed by atoms with E-state index in [4.69, 9.17) is 16.7 Å². The van der Waals surface area contributed by atoms with E-state index < -0.39 is 48.1 Å². The standard InChI is InChI=1S/C20H20ClF4N3O3/c21-12-6-4-11(5-7-12)16-9-15(18(30)26-17(10-29)20(23,24)25)19(31)28(27-16)14-3-1-2-13(22)8-14/h1,3-4,6-7,9,11,13-14,17,29H,2,5,8,10H2,(H,26,30). The fraction of sp³-hybridized carbons (Fsp3) is 0.450. The van der Waals surface area contributed by atoms with Crippen molar-refractivity contribution in [3.63, 3.8) is 0 Å². The van der Waals surface area contributed by atoms with E-state index in [0.717, 1.165) is 10.7 Å². The summed E-state index contributed by atoms with van der Waals surface area (Å²) < 4.78 is 53.7. The van der Waals surface area contributed by atoms with Crippen molar-refractivity contribution in [1.82, 2.24) is 15.1 Å². The molecule has 0 fully saturated rings. The molecule has 0 aromatic carbocycles. The number of allylic oxidation sites excluding steroid dienone is 6. The van der Waals surface area contributed by atoms with Crippen molar-refractivity contribution in [2.24, 2.45) is 0 Å². The number of hydrogen-bond acceptors (Lipinski definition) is 4. The van der Waals surface area contributed by atoms with Gasteiger partial charge in [0.1, 0.15) is 17.8 Å². The Labute approximate surface area is 179 Å². The van der Waals surface area contributed by atoms with Gasteiger partial charge in [0.05, 0.1) is 18.3 Å². The number of halogens is 5. The molecule has 1 heterocycles. The lowest BCUT2D eigenvalue weighted by molar-refractivity contribution is -0.161. The zero-order valence-electron chi connectivity index (χ0n) is 16.1. The Morgan fingerprint density at radius 3 is 2.68 bits per heavy atom. The van der Waals surface area contributed by atoms with Gasteiger partial charge < -0.3 is 10.4 Å². The number of rotatable bonds is 5. The van der Waals surface area contributed by atoms with Gasteiger partial charge in [-0.3, -0.25) is 9.59 Å². The number of nitrogens with zero attached hydrogens (tertiary/aromatic N) is 2. The molecule has 2 aliphatic carbocycles. The van der Waals surface area contributed by atoms with Crippen molar-refractivity contribution in [3.05, 3.63) is 63.1 Å².